The molecule has 2 aromatic carbocycles. The highest BCUT2D eigenvalue weighted by molar-refractivity contribution is 5.78. The summed E-state index contributed by atoms with van der Waals surface area (Å²) < 4.78 is 10.6. The lowest BCUT2D eigenvalue weighted by Gasteiger charge is -2.15. The highest BCUT2D eigenvalue weighted by atomic mass is 16.8. The predicted octanol–water partition coefficient (Wildman–Crippen LogP) is 1.77. The summed E-state index contributed by atoms with van der Waals surface area (Å²) in [5.74, 6) is 1.28. The standard InChI is InChI=1S/C14H15NO4/c1-18-12-7-4-8-13(19-2)14(12)10-5-3-6-11(9-10)15(16)17/h3-9,15-16H,1-2H3. The highest BCUT2D eigenvalue weighted by Crippen LogP contribution is 2.38. The van der Waals surface area contributed by atoms with Gasteiger partial charge in [0.1, 0.15) is 11.5 Å². The first kappa shape index (κ1) is 13.4. The van der Waals surface area contributed by atoms with Crippen molar-refractivity contribution in [2.24, 2.45) is 0 Å². The zero-order valence-corrected chi connectivity index (χ0v) is 10.7. The third-order valence-corrected chi connectivity index (χ3v) is 2.83. The zero-order valence-electron chi connectivity index (χ0n) is 10.7. The molecular weight excluding hydrogens is 246 g/mol. The molecule has 0 aromatic heterocycles. The second-order valence-electron chi connectivity index (χ2n) is 3.92. The van der Waals surface area contributed by atoms with Crippen LogP contribution in [0, 0.1) is 5.21 Å². The molecule has 0 saturated heterocycles. The Balaban J connectivity index is 2.60. The van der Waals surface area contributed by atoms with Crippen molar-refractivity contribution in [3.05, 3.63) is 47.7 Å². The van der Waals surface area contributed by atoms with Crippen LogP contribution in [0.4, 0.5) is 5.69 Å². The Kier molecular flexibility index (Phi) is 4.01. The van der Waals surface area contributed by atoms with Gasteiger partial charge in [0, 0.05) is 12.1 Å². The van der Waals surface area contributed by atoms with Crippen LogP contribution >= 0.6 is 0 Å². The van der Waals surface area contributed by atoms with Crippen LogP contribution < -0.4 is 14.7 Å². The topological polar surface area (TPSA) is 66.2 Å². The number of ether oxygens (including phenoxy) is 2. The maximum atomic E-state index is 11.0. The molecule has 5 heteroatoms. The zero-order chi connectivity index (χ0) is 13.8. The van der Waals surface area contributed by atoms with Crippen LogP contribution in [0.2, 0.25) is 0 Å². The van der Waals surface area contributed by atoms with Gasteiger partial charge >= 0.3 is 0 Å². The van der Waals surface area contributed by atoms with Crippen molar-refractivity contribution >= 4 is 5.69 Å². The third-order valence-electron chi connectivity index (χ3n) is 2.83. The molecule has 2 rings (SSSR count). The fourth-order valence-corrected chi connectivity index (χ4v) is 1.94. The van der Waals surface area contributed by atoms with E-state index in [4.69, 9.17) is 14.7 Å². The molecule has 2 aromatic rings. The molecule has 5 nitrogen and oxygen atoms in total. The summed E-state index contributed by atoms with van der Waals surface area (Å²) in [6.07, 6.45) is 0. The van der Waals surface area contributed by atoms with E-state index < -0.39 is 5.23 Å². The van der Waals surface area contributed by atoms with Gasteiger partial charge in [0.25, 0.3) is 0 Å². The smallest absolute Gasteiger partial charge is 0.164 e. The van der Waals surface area contributed by atoms with Gasteiger partial charge in [-0.2, -0.15) is 5.23 Å². The fraction of sp³-hybridized carbons (Fsp3) is 0.143. The van der Waals surface area contributed by atoms with Gasteiger partial charge in [-0.15, -0.1) is 0 Å². The van der Waals surface area contributed by atoms with Crippen molar-refractivity contribution < 1.29 is 19.9 Å². The average molecular weight is 261 g/mol. The summed E-state index contributed by atoms with van der Waals surface area (Å²) in [7, 11) is 3.14. The predicted molar refractivity (Wildman–Crippen MR) is 70.8 cm³/mol. The Hall–Kier alpha value is -2.08. The van der Waals surface area contributed by atoms with Gasteiger partial charge in [0.15, 0.2) is 5.69 Å². The van der Waals surface area contributed by atoms with E-state index in [9.17, 15) is 5.21 Å². The minimum absolute atomic E-state index is 0.227. The van der Waals surface area contributed by atoms with Gasteiger partial charge in [-0.1, -0.05) is 18.2 Å². The third kappa shape index (κ3) is 2.68. The maximum absolute atomic E-state index is 11.0. The van der Waals surface area contributed by atoms with Crippen molar-refractivity contribution in [2.45, 2.75) is 0 Å². The minimum Gasteiger partial charge on any atom is -0.595 e. The van der Waals surface area contributed by atoms with E-state index in [-0.39, 0.29) is 5.69 Å². The van der Waals surface area contributed by atoms with Crippen molar-refractivity contribution in [1.29, 1.82) is 0 Å². The van der Waals surface area contributed by atoms with Crippen LogP contribution in [-0.4, -0.2) is 19.4 Å². The Morgan fingerprint density at radius 1 is 1.00 bits per heavy atom. The van der Waals surface area contributed by atoms with Gasteiger partial charge in [-0.3, -0.25) is 0 Å². The first-order chi connectivity index (χ1) is 9.17. The molecule has 0 aliphatic carbocycles. The van der Waals surface area contributed by atoms with Crippen LogP contribution in [0.5, 0.6) is 11.5 Å². The lowest BCUT2D eigenvalue weighted by atomic mass is 10.0. The molecule has 100 valence electrons. The van der Waals surface area contributed by atoms with E-state index in [0.29, 0.717) is 11.5 Å². The normalized spacial score (nSPS) is 12.0. The van der Waals surface area contributed by atoms with Crippen LogP contribution in [0.1, 0.15) is 0 Å². The first-order valence-electron chi connectivity index (χ1n) is 5.72. The van der Waals surface area contributed by atoms with Crippen LogP contribution in [0.25, 0.3) is 11.1 Å². The number of nitrogens with one attached hydrogen (secondary N) is 1. The molecule has 2 N–H and O–H groups in total. The number of hydrogen-bond acceptors (Lipinski definition) is 4. The minimum atomic E-state index is -0.962. The summed E-state index contributed by atoms with van der Waals surface area (Å²) in [6, 6.07) is 12.1. The molecule has 0 spiro atoms. The summed E-state index contributed by atoms with van der Waals surface area (Å²) in [5.41, 5.74) is 1.72. The largest absolute Gasteiger partial charge is 0.595 e. The van der Waals surface area contributed by atoms with Crippen LogP contribution in [-0.2, 0) is 0 Å². The molecular formula is C14H15NO4. The first-order valence-corrected chi connectivity index (χ1v) is 5.72. The fourth-order valence-electron chi connectivity index (χ4n) is 1.94. The average Bonchev–Trinajstić information content (AvgIpc) is 2.46. The SMILES string of the molecule is COc1cccc(OC)c1-c1cccc([NH+]([O-])O)c1. The number of methoxy groups -OCH3 is 2. The molecule has 1 atom stereocenters. The molecule has 19 heavy (non-hydrogen) atoms. The van der Waals surface area contributed by atoms with Gasteiger partial charge in [-0.05, 0) is 17.7 Å². The molecule has 0 radical (unpaired) electrons. The molecule has 0 aliphatic rings. The van der Waals surface area contributed by atoms with E-state index in [1.807, 2.05) is 24.3 Å². The number of benzene rings is 2. The van der Waals surface area contributed by atoms with Gasteiger partial charge in [-0.25, -0.2) is 5.21 Å². The summed E-state index contributed by atoms with van der Waals surface area (Å²) in [5, 5.41) is 19.1. The van der Waals surface area contributed by atoms with E-state index >= 15 is 0 Å². The Morgan fingerprint density at radius 3 is 2.11 bits per heavy atom. The van der Waals surface area contributed by atoms with Gasteiger partial charge in [0.2, 0.25) is 0 Å². The quantitative estimate of drug-likeness (QED) is 0.823. The summed E-state index contributed by atoms with van der Waals surface area (Å²) in [4.78, 5) is 0. The number of hydrogen-bond donors (Lipinski definition) is 2. The molecule has 0 heterocycles. The maximum Gasteiger partial charge on any atom is 0.164 e. The monoisotopic (exact) mass is 261 g/mol. The molecule has 0 bridgehead atoms. The van der Waals surface area contributed by atoms with E-state index in [2.05, 4.69) is 0 Å². The van der Waals surface area contributed by atoms with Crippen molar-refractivity contribution in [2.75, 3.05) is 14.2 Å². The van der Waals surface area contributed by atoms with E-state index in [1.165, 1.54) is 0 Å². The Bertz CT molecular complexity index is 547. The van der Waals surface area contributed by atoms with Crippen LogP contribution in [0.3, 0.4) is 0 Å². The van der Waals surface area contributed by atoms with Crippen molar-refractivity contribution in [1.82, 2.24) is 0 Å². The number of quaternary nitrogens is 1. The molecule has 0 saturated carbocycles. The number of rotatable bonds is 4. The molecule has 0 aliphatic heterocycles. The van der Waals surface area contributed by atoms with Crippen molar-refractivity contribution in [3.63, 3.8) is 0 Å². The molecule has 1 unspecified atom stereocenters. The highest BCUT2D eigenvalue weighted by Gasteiger charge is 2.13. The molecule has 0 amide bonds. The van der Waals surface area contributed by atoms with Gasteiger partial charge in [0.05, 0.1) is 19.8 Å². The Morgan fingerprint density at radius 2 is 1.58 bits per heavy atom. The van der Waals surface area contributed by atoms with E-state index in [0.717, 1.165) is 11.1 Å². The van der Waals surface area contributed by atoms with Crippen molar-refractivity contribution in [3.8, 4) is 22.6 Å². The second kappa shape index (κ2) is 5.71. The summed E-state index contributed by atoms with van der Waals surface area (Å²) in [6.45, 7) is 0. The molecule has 0 fully saturated rings. The lowest BCUT2D eigenvalue weighted by Crippen LogP contribution is -2.99. The van der Waals surface area contributed by atoms with E-state index in [1.54, 1.807) is 32.4 Å². The second-order valence-corrected chi connectivity index (χ2v) is 3.92. The summed E-state index contributed by atoms with van der Waals surface area (Å²) >= 11 is 0. The van der Waals surface area contributed by atoms with Gasteiger partial charge < -0.3 is 14.7 Å². The Labute approximate surface area is 111 Å². The van der Waals surface area contributed by atoms with Crippen LogP contribution in [0.15, 0.2) is 42.5 Å². The lowest BCUT2D eigenvalue weighted by molar-refractivity contribution is -0.991.